The van der Waals surface area contributed by atoms with Gasteiger partial charge in [0, 0.05) is 23.8 Å². The first-order valence-electron chi connectivity index (χ1n) is 8.45. The van der Waals surface area contributed by atoms with Crippen molar-refractivity contribution in [2.24, 2.45) is 0 Å². The fourth-order valence-electron chi connectivity index (χ4n) is 2.82. The van der Waals surface area contributed by atoms with Gasteiger partial charge in [0.05, 0.1) is 18.1 Å². The SMILES string of the molecule is Cc1ccc(C(=O)Nc2ccc(S(=O)(=O)N3CCOCC3C)cc2)cc1. The maximum atomic E-state index is 12.8. The molecule has 2 aromatic carbocycles. The lowest BCUT2D eigenvalue weighted by Crippen LogP contribution is -2.46. The van der Waals surface area contributed by atoms with E-state index in [0.717, 1.165) is 5.56 Å². The fourth-order valence-corrected chi connectivity index (χ4v) is 4.42. The molecule has 1 aliphatic rings. The summed E-state index contributed by atoms with van der Waals surface area (Å²) in [4.78, 5) is 12.5. The standard InChI is InChI=1S/C19H22N2O4S/c1-14-3-5-16(6-4-14)19(22)20-17-7-9-18(10-8-17)26(23,24)21-11-12-25-13-15(21)2/h3-10,15H,11-13H2,1-2H3,(H,20,22). The fraction of sp³-hybridized carbons (Fsp3) is 0.316. The lowest BCUT2D eigenvalue weighted by molar-refractivity contribution is 0.0393. The Morgan fingerprint density at radius 1 is 1.12 bits per heavy atom. The van der Waals surface area contributed by atoms with Crippen molar-refractivity contribution in [2.75, 3.05) is 25.1 Å². The smallest absolute Gasteiger partial charge is 0.255 e. The number of hydrogen-bond donors (Lipinski definition) is 1. The number of morpholine rings is 1. The van der Waals surface area contributed by atoms with Crippen molar-refractivity contribution in [3.8, 4) is 0 Å². The number of ether oxygens (including phenoxy) is 1. The second-order valence-corrected chi connectivity index (χ2v) is 8.27. The Bertz CT molecular complexity index is 877. The first-order valence-corrected chi connectivity index (χ1v) is 9.89. The summed E-state index contributed by atoms with van der Waals surface area (Å²) in [6.45, 7) is 4.91. The summed E-state index contributed by atoms with van der Waals surface area (Å²) >= 11 is 0. The van der Waals surface area contributed by atoms with Gasteiger partial charge in [0.15, 0.2) is 0 Å². The molecule has 1 N–H and O–H groups in total. The van der Waals surface area contributed by atoms with Crippen LogP contribution < -0.4 is 5.32 Å². The summed E-state index contributed by atoms with van der Waals surface area (Å²) in [5.74, 6) is -0.234. The van der Waals surface area contributed by atoms with Crippen LogP contribution in [-0.4, -0.2) is 44.4 Å². The third kappa shape index (κ3) is 3.95. The quantitative estimate of drug-likeness (QED) is 0.893. The van der Waals surface area contributed by atoms with E-state index in [1.54, 1.807) is 24.3 Å². The number of nitrogens with zero attached hydrogens (tertiary/aromatic N) is 1. The molecule has 1 unspecified atom stereocenters. The summed E-state index contributed by atoms with van der Waals surface area (Å²) in [6, 6.07) is 13.3. The van der Waals surface area contributed by atoms with Gasteiger partial charge in [-0.3, -0.25) is 4.79 Å². The molecule has 1 fully saturated rings. The van der Waals surface area contributed by atoms with Crippen LogP contribution in [0.1, 0.15) is 22.8 Å². The molecule has 0 spiro atoms. The van der Waals surface area contributed by atoms with Crippen molar-refractivity contribution in [2.45, 2.75) is 24.8 Å². The van der Waals surface area contributed by atoms with Crippen LogP contribution in [0.3, 0.4) is 0 Å². The van der Waals surface area contributed by atoms with E-state index in [4.69, 9.17) is 4.74 Å². The number of aryl methyl sites for hydroxylation is 1. The number of benzene rings is 2. The van der Waals surface area contributed by atoms with Crippen LogP contribution in [0.5, 0.6) is 0 Å². The third-order valence-electron chi connectivity index (χ3n) is 4.34. The molecule has 2 aromatic rings. The number of carbonyl (C=O) groups excluding carboxylic acids is 1. The van der Waals surface area contributed by atoms with E-state index < -0.39 is 10.0 Å². The molecule has 1 heterocycles. The van der Waals surface area contributed by atoms with Crippen LogP contribution in [-0.2, 0) is 14.8 Å². The van der Waals surface area contributed by atoms with Gasteiger partial charge in [-0.05, 0) is 50.2 Å². The molecule has 1 aliphatic heterocycles. The van der Waals surface area contributed by atoms with Crippen LogP contribution in [0.4, 0.5) is 5.69 Å². The maximum absolute atomic E-state index is 12.8. The number of sulfonamides is 1. The van der Waals surface area contributed by atoms with Crippen molar-refractivity contribution < 1.29 is 17.9 Å². The molecule has 1 atom stereocenters. The zero-order valence-corrected chi connectivity index (χ0v) is 15.6. The van der Waals surface area contributed by atoms with E-state index in [9.17, 15) is 13.2 Å². The molecule has 26 heavy (non-hydrogen) atoms. The lowest BCUT2D eigenvalue weighted by atomic mass is 10.1. The molecule has 1 amide bonds. The van der Waals surface area contributed by atoms with Crippen LogP contribution in [0.2, 0.25) is 0 Å². The molecule has 7 heteroatoms. The topological polar surface area (TPSA) is 75.7 Å². The van der Waals surface area contributed by atoms with Crippen molar-refractivity contribution >= 4 is 21.6 Å². The van der Waals surface area contributed by atoms with Crippen molar-refractivity contribution in [1.82, 2.24) is 4.31 Å². The Balaban J connectivity index is 1.73. The third-order valence-corrected chi connectivity index (χ3v) is 6.37. The Morgan fingerprint density at radius 2 is 1.77 bits per heavy atom. The number of amides is 1. The molecule has 0 bridgehead atoms. The molecular weight excluding hydrogens is 352 g/mol. The summed E-state index contributed by atoms with van der Waals surface area (Å²) in [5.41, 5.74) is 2.17. The van der Waals surface area contributed by atoms with E-state index in [2.05, 4.69) is 5.32 Å². The van der Waals surface area contributed by atoms with E-state index in [0.29, 0.717) is 31.0 Å². The summed E-state index contributed by atoms with van der Waals surface area (Å²) < 4.78 is 32.3. The molecule has 138 valence electrons. The van der Waals surface area contributed by atoms with Crippen LogP contribution in [0, 0.1) is 6.92 Å². The zero-order chi connectivity index (χ0) is 18.7. The molecule has 0 aliphatic carbocycles. The van der Waals surface area contributed by atoms with Gasteiger partial charge in [0.25, 0.3) is 5.91 Å². The van der Waals surface area contributed by atoms with Crippen LogP contribution in [0.15, 0.2) is 53.4 Å². The number of rotatable bonds is 4. The number of carbonyl (C=O) groups is 1. The summed E-state index contributed by atoms with van der Waals surface area (Å²) in [6.07, 6.45) is 0. The van der Waals surface area contributed by atoms with Gasteiger partial charge >= 0.3 is 0 Å². The van der Waals surface area contributed by atoms with E-state index in [-0.39, 0.29) is 16.8 Å². The molecule has 0 radical (unpaired) electrons. The number of hydrogen-bond acceptors (Lipinski definition) is 4. The summed E-state index contributed by atoms with van der Waals surface area (Å²) in [5, 5.41) is 2.78. The van der Waals surface area contributed by atoms with E-state index in [1.165, 1.54) is 16.4 Å². The van der Waals surface area contributed by atoms with Gasteiger partial charge in [0.1, 0.15) is 0 Å². The Labute approximate surface area is 153 Å². The monoisotopic (exact) mass is 374 g/mol. The average Bonchev–Trinajstić information content (AvgIpc) is 2.63. The molecule has 0 saturated carbocycles. The second-order valence-electron chi connectivity index (χ2n) is 6.38. The molecular formula is C19H22N2O4S. The lowest BCUT2D eigenvalue weighted by Gasteiger charge is -2.32. The first-order chi connectivity index (χ1) is 12.4. The van der Waals surface area contributed by atoms with Gasteiger partial charge in [-0.25, -0.2) is 8.42 Å². The highest BCUT2D eigenvalue weighted by molar-refractivity contribution is 7.89. The Kier molecular flexibility index (Phi) is 5.41. The predicted octanol–water partition coefficient (Wildman–Crippen LogP) is 2.66. The van der Waals surface area contributed by atoms with Gasteiger partial charge in [-0.15, -0.1) is 0 Å². The largest absolute Gasteiger partial charge is 0.378 e. The van der Waals surface area contributed by atoms with Gasteiger partial charge in [-0.1, -0.05) is 17.7 Å². The zero-order valence-electron chi connectivity index (χ0n) is 14.8. The average molecular weight is 374 g/mol. The van der Waals surface area contributed by atoms with Crippen molar-refractivity contribution in [1.29, 1.82) is 0 Å². The second kappa shape index (κ2) is 7.57. The maximum Gasteiger partial charge on any atom is 0.255 e. The minimum atomic E-state index is -3.57. The van der Waals surface area contributed by atoms with E-state index in [1.807, 2.05) is 26.0 Å². The molecule has 0 aromatic heterocycles. The van der Waals surface area contributed by atoms with Gasteiger partial charge in [0.2, 0.25) is 10.0 Å². The van der Waals surface area contributed by atoms with Gasteiger partial charge in [-0.2, -0.15) is 4.31 Å². The number of nitrogens with one attached hydrogen (secondary N) is 1. The van der Waals surface area contributed by atoms with Crippen LogP contribution in [0.25, 0.3) is 0 Å². The Morgan fingerprint density at radius 3 is 2.38 bits per heavy atom. The van der Waals surface area contributed by atoms with Gasteiger partial charge < -0.3 is 10.1 Å². The van der Waals surface area contributed by atoms with E-state index >= 15 is 0 Å². The van der Waals surface area contributed by atoms with Crippen LogP contribution >= 0.6 is 0 Å². The minimum absolute atomic E-state index is 0.199. The normalized spacial score (nSPS) is 18.5. The van der Waals surface area contributed by atoms with Crippen molar-refractivity contribution in [3.63, 3.8) is 0 Å². The molecule has 1 saturated heterocycles. The highest BCUT2D eigenvalue weighted by Crippen LogP contribution is 2.22. The molecule has 6 nitrogen and oxygen atoms in total. The highest BCUT2D eigenvalue weighted by Gasteiger charge is 2.31. The first kappa shape index (κ1) is 18.6. The highest BCUT2D eigenvalue weighted by atomic mass is 32.2. The molecule has 3 rings (SSSR count). The van der Waals surface area contributed by atoms with Crippen molar-refractivity contribution in [3.05, 3.63) is 59.7 Å². The minimum Gasteiger partial charge on any atom is -0.378 e. The predicted molar refractivity (Wildman–Crippen MR) is 99.7 cm³/mol. The number of anilines is 1. The summed E-state index contributed by atoms with van der Waals surface area (Å²) in [7, 11) is -3.57. The Hall–Kier alpha value is -2.22.